The average Bonchev–Trinajstić information content (AvgIpc) is 2.98. The molecule has 0 spiro atoms. The number of carbonyl (C=O) groups is 1. The highest BCUT2D eigenvalue weighted by Crippen LogP contribution is 2.23. The zero-order valence-corrected chi connectivity index (χ0v) is 11.2. The summed E-state index contributed by atoms with van der Waals surface area (Å²) >= 11 is 2.77. The van der Waals surface area contributed by atoms with Crippen LogP contribution in [-0.4, -0.2) is 36.5 Å². The number of nitrogens with one attached hydrogen (secondary N) is 1. The molecule has 3 aromatic rings. The lowest BCUT2D eigenvalue weighted by Crippen LogP contribution is -2.13. The summed E-state index contributed by atoms with van der Waals surface area (Å²) in [6.07, 6.45) is 4.80. The van der Waals surface area contributed by atoms with E-state index in [0.717, 1.165) is 15.0 Å². The lowest BCUT2D eigenvalue weighted by molar-refractivity contribution is -0.113. The van der Waals surface area contributed by atoms with Crippen LogP contribution >= 0.6 is 23.1 Å². The number of thioether (sulfide) groups is 1. The van der Waals surface area contributed by atoms with Crippen LogP contribution in [0.5, 0.6) is 0 Å². The standard InChI is InChI=1S/C10H8N6OS2/c17-8(13-7-1-3-11-4-2-7)5-18-10-15-16-6-12-14-9(16)19-10/h1-4,6H,5H2,(H,11,13,17). The van der Waals surface area contributed by atoms with Gasteiger partial charge in [0, 0.05) is 18.1 Å². The second-order valence-electron chi connectivity index (χ2n) is 3.50. The van der Waals surface area contributed by atoms with Crippen molar-refractivity contribution in [2.45, 2.75) is 4.34 Å². The molecule has 3 aromatic heterocycles. The molecule has 0 aromatic carbocycles. The third-order valence-corrected chi connectivity index (χ3v) is 4.21. The van der Waals surface area contributed by atoms with Gasteiger partial charge in [-0.2, -0.15) is 4.52 Å². The van der Waals surface area contributed by atoms with Gasteiger partial charge in [0.25, 0.3) is 0 Å². The maximum atomic E-state index is 11.7. The van der Waals surface area contributed by atoms with Gasteiger partial charge in [-0.3, -0.25) is 9.78 Å². The van der Waals surface area contributed by atoms with E-state index >= 15 is 0 Å². The van der Waals surface area contributed by atoms with Crippen molar-refractivity contribution in [2.24, 2.45) is 0 Å². The molecule has 96 valence electrons. The summed E-state index contributed by atoms with van der Waals surface area (Å²) < 4.78 is 2.38. The SMILES string of the molecule is O=C(CSc1nn2cnnc2s1)Nc1ccncc1. The Bertz CT molecular complexity index is 666. The summed E-state index contributed by atoms with van der Waals surface area (Å²) in [4.78, 5) is 16.3. The fourth-order valence-corrected chi connectivity index (χ4v) is 3.02. The van der Waals surface area contributed by atoms with Gasteiger partial charge < -0.3 is 5.32 Å². The van der Waals surface area contributed by atoms with E-state index in [9.17, 15) is 4.79 Å². The van der Waals surface area contributed by atoms with Gasteiger partial charge in [0.2, 0.25) is 10.9 Å². The Morgan fingerprint density at radius 2 is 2.26 bits per heavy atom. The van der Waals surface area contributed by atoms with E-state index in [4.69, 9.17) is 0 Å². The zero-order chi connectivity index (χ0) is 13.1. The number of pyridine rings is 1. The lowest BCUT2D eigenvalue weighted by atomic mass is 10.4. The van der Waals surface area contributed by atoms with Crippen molar-refractivity contribution in [3.63, 3.8) is 0 Å². The quantitative estimate of drug-likeness (QED) is 0.730. The Labute approximate surface area is 116 Å². The number of hydrogen-bond donors (Lipinski definition) is 1. The molecule has 19 heavy (non-hydrogen) atoms. The average molecular weight is 292 g/mol. The molecular formula is C10H8N6OS2. The first-order valence-corrected chi connectivity index (χ1v) is 7.11. The first-order chi connectivity index (χ1) is 9.31. The van der Waals surface area contributed by atoms with Gasteiger partial charge in [-0.1, -0.05) is 23.1 Å². The highest BCUT2D eigenvalue weighted by atomic mass is 32.2. The minimum absolute atomic E-state index is 0.0813. The number of carbonyl (C=O) groups excluding carboxylic acids is 1. The van der Waals surface area contributed by atoms with E-state index in [0.29, 0.717) is 5.75 Å². The largest absolute Gasteiger partial charge is 0.325 e. The van der Waals surface area contributed by atoms with Gasteiger partial charge in [-0.15, -0.1) is 15.3 Å². The molecule has 0 unspecified atom stereocenters. The molecule has 9 heteroatoms. The van der Waals surface area contributed by atoms with E-state index in [1.54, 1.807) is 29.0 Å². The maximum absolute atomic E-state index is 11.7. The summed E-state index contributed by atoms with van der Waals surface area (Å²) in [5, 5.41) is 14.6. The van der Waals surface area contributed by atoms with Gasteiger partial charge in [-0.05, 0) is 12.1 Å². The molecule has 0 atom stereocenters. The summed E-state index contributed by atoms with van der Waals surface area (Å²) in [5.74, 6) is 0.217. The van der Waals surface area contributed by atoms with Gasteiger partial charge in [-0.25, -0.2) is 0 Å². The van der Waals surface area contributed by atoms with E-state index < -0.39 is 0 Å². The highest BCUT2D eigenvalue weighted by Gasteiger charge is 2.09. The normalized spacial score (nSPS) is 10.7. The minimum Gasteiger partial charge on any atom is -0.325 e. The second-order valence-corrected chi connectivity index (χ2v) is 5.68. The fourth-order valence-electron chi connectivity index (χ4n) is 1.36. The van der Waals surface area contributed by atoms with E-state index in [-0.39, 0.29) is 5.91 Å². The van der Waals surface area contributed by atoms with E-state index in [1.165, 1.54) is 29.4 Å². The number of nitrogens with zero attached hydrogens (tertiary/aromatic N) is 5. The molecule has 3 heterocycles. The van der Waals surface area contributed by atoms with Gasteiger partial charge >= 0.3 is 0 Å². The molecule has 1 N–H and O–H groups in total. The van der Waals surface area contributed by atoms with Crippen LogP contribution in [0.1, 0.15) is 0 Å². The third kappa shape index (κ3) is 2.88. The molecule has 0 aliphatic carbocycles. The van der Waals surface area contributed by atoms with Gasteiger partial charge in [0.1, 0.15) is 6.33 Å². The molecule has 0 saturated carbocycles. The van der Waals surface area contributed by atoms with Crippen LogP contribution in [0, 0.1) is 0 Å². The van der Waals surface area contributed by atoms with Crippen molar-refractivity contribution < 1.29 is 4.79 Å². The molecule has 0 bridgehead atoms. The number of anilines is 1. The predicted octanol–water partition coefficient (Wildman–Crippen LogP) is 1.31. The number of rotatable bonds is 4. The first kappa shape index (κ1) is 12.1. The Morgan fingerprint density at radius 3 is 3.05 bits per heavy atom. The molecule has 0 saturated heterocycles. The topological polar surface area (TPSA) is 85.1 Å². The molecule has 0 aliphatic rings. The smallest absolute Gasteiger partial charge is 0.235 e. The molecule has 1 amide bonds. The summed E-state index contributed by atoms with van der Waals surface area (Å²) in [7, 11) is 0. The maximum Gasteiger partial charge on any atom is 0.235 e. The predicted molar refractivity (Wildman–Crippen MR) is 72.2 cm³/mol. The number of amides is 1. The number of fused-ring (bicyclic) bond motifs is 1. The second kappa shape index (κ2) is 5.33. The van der Waals surface area contributed by atoms with E-state index in [1.807, 2.05) is 0 Å². The minimum atomic E-state index is -0.0813. The summed E-state index contributed by atoms with van der Waals surface area (Å²) in [6, 6.07) is 3.48. The van der Waals surface area contributed by atoms with Gasteiger partial charge in [0.15, 0.2) is 4.34 Å². The van der Waals surface area contributed by atoms with Crippen molar-refractivity contribution in [1.82, 2.24) is 24.8 Å². The molecule has 0 fully saturated rings. The first-order valence-electron chi connectivity index (χ1n) is 5.31. The fraction of sp³-hybridized carbons (Fsp3) is 0.100. The number of hydrogen-bond acceptors (Lipinski definition) is 7. The lowest BCUT2D eigenvalue weighted by Gasteiger charge is -2.02. The Hall–Kier alpha value is -2.00. The van der Waals surface area contributed by atoms with Crippen LogP contribution in [0.15, 0.2) is 35.2 Å². The van der Waals surface area contributed by atoms with Crippen LogP contribution in [0.25, 0.3) is 4.96 Å². The Balaban J connectivity index is 1.57. The molecular weight excluding hydrogens is 284 g/mol. The van der Waals surface area contributed by atoms with Crippen molar-refractivity contribution in [3.05, 3.63) is 30.9 Å². The van der Waals surface area contributed by atoms with Crippen molar-refractivity contribution >= 4 is 39.7 Å². The summed E-state index contributed by atoms with van der Waals surface area (Å²) in [5.41, 5.74) is 0.735. The van der Waals surface area contributed by atoms with Crippen LogP contribution in [0.4, 0.5) is 5.69 Å². The van der Waals surface area contributed by atoms with Crippen LogP contribution in [-0.2, 0) is 4.79 Å². The summed E-state index contributed by atoms with van der Waals surface area (Å²) in [6.45, 7) is 0. The van der Waals surface area contributed by atoms with Crippen molar-refractivity contribution in [3.8, 4) is 0 Å². The third-order valence-electron chi connectivity index (χ3n) is 2.16. The van der Waals surface area contributed by atoms with E-state index in [2.05, 4.69) is 25.6 Å². The highest BCUT2D eigenvalue weighted by molar-refractivity contribution is 8.01. The molecule has 0 aliphatic heterocycles. The van der Waals surface area contributed by atoms with Crippen molar-refractivity contribution in [1.29, 1.82) is 0 Å². The number of aromatic nitrogens is 5. The van der Waals surface area contributed by atoms with Crippen LogP contribution < -0.4 is 5.32 Å². The molecule has 7 nitrogen and oxygen atoms in total. The van der Waals surface area contributed by atoms with Crippen LogP contribution in [0.2, 0.25) is 0 Å². The van der Waals surface area contributed by atoms with Gasteiger partial charge in [0.05, 0.1) is 5.75 Å². The van der Waals surface area contributed by atoms with Crippen molar-refractivity contribution in [2.75, 3.05) is 11.1 Å². The molecule has 0 radical (unpaired) electrons. The Morgan fingerprint density at radius 1 is 1.42 bits per heavy atom. The molecule has 3 rings (SSSR count). The Kier molecular flexibility index (Phi) is 3.38. The van der Waals surface area contributed by atoms with Crippen LogP contribution in [0.3, 0.4) is 0 Å². The monoisotopic (exact) mass is 292 g/mol. The zero-order valence-electron chi connectivity index (χ0n) is 9.55.